The molecule has 3 rings (SSSR count). The van der Waals surface area contributed by atoms with Gasteiger partial charge in [-0.1, -0.05) is 6.07 Å². The number of nitrogens with zero attached hydrogens (tertiary/aromatic N) is 1. The Morgan fingerprint density at radius 1 is 1.43 bits per heavy atom. The summed E-state index contributed by atoms with van der Waals surface area (Å²) < 4.78 is 10.6. The lowest BCUT2D eigenvalue weighted by Gasteiger charge is -2.11. The van der Waals surface area contributed by atoms with Gasteiger partial charge in [0, 0.05) is 11.9 Å². The van der Waals surface area contributed by atoms with Gasteiger partial charge in [0.1, 0.15) is 5.82 Å². The van der Waals surface area contributed by atoms with Gasteiger partial charge in [0.25, 0.3) is 0 Å². The van der Waals surface area contributed by atoms with Crippen molar-refractivity contribution in [3.05, 3.63) is 41.5 Å². The molecule has 0 fully saturated rings. The third-order valence-electron chi connectivity index (χ3n) is 3.31. The Bertz CT molecular complexity index is 666. The first-order valence-corrected chi connectivity index (χ1v) is 6.81. The highest BCUT2D eigenvalue weighted by molar-refractivity contribution is 5.79. The molecule has 110 valence electrons. The summed E-state index contributed by atoms with van der Waals surface area (Å²) in [6.07, 6.45) is 2.04. The van der Waals surface area contributed by atoms with Gasteiger partial charge >= 0.3 is 0 Å². The third kappa shape index (κ3) is 2.99. The van der Waals surface area contributed by atoms with E-state index in [1.807, 2.05) is 32.0 Å². The average Bonchev–Trinajstić information content (AvgIpc) is 3.06. The second-order valence-electron chi connectivity index (χ2n) is 5.11. The lowest BCUT2D eigenvalue weighted by Crippen LogP contribution is -2.28. The van der Waals surface area contributed by atoms with Crippen molar-refractivity contribution in [2.24, 2.45) is 0 Å². The topological polar surface area (TPSA) is 76.2 Å². The van der Waals surface area contributed by atoms with Crippen LogP contribution < -0.4 is 14.8 Å². The second kappa shape index (κ2) is 5.47. The average molecular weight is 287 g/mol. The molecule has 1 aliphatic heterocycles. The van der Waals surface area contributed by atoms with Crippen LogP contribution in [0.25, 0.3) is 0 Å². The van der Waals surface area contributed by atoms with Gasteiger partial charge in [0.2, 0.25) is 12.7 Å². The molecule has 0 radical (unpaired) electrons. The Kier molecular flexibility index (Phi) is 3.51. The van der Waals surface area contributed by atoms with E-state index in [2.05, 4.69) is 15.3 Å². The maximum Gasteiger partial charge on any atom is 0.231 e. The van der Waals surface area contributed by atoms with Crippen molar-refractivity contribution in [1.29, 1.82) is 0 Å². The molecule has 1 amide bonds. The Labute approximate surface area is 122 Å². The highest BCUT2D eigenvalue weighted by atomic mass is 16.7. The van der Waals surface area contributed by atoms with E-state index in [1.54, 1.807) is 6.20 Å². The van der Waals surface area contributed by atoms with Crippen molar-refractivity contribution < 1.29 is 14.3 Å². The largest absolute Gasteiger partial charge is 0.454 e. The molecule has 1 aromatic heterocycles. The first-order valence-electron chi connectivity index (χ1n) is 6.81. The highest BCUT2D eigenvalue weighted by Crippen LogP contribution is 2.32. The SMILES string of the molecule is Cc1cnc([C@@H](C)NC(=O)Cc2ccc3c(c2)OCO3)[nH]1. The predicted molar refractivity (Wildman–Crippen MR) is 76.2 cm³/mol. The molecular formula is C15H17N3O3. The van der Waals surface area contributed by atoms with Crippen molar-refractivity contribution in [3.8, 4) is 11.5 Å². The molecule has 0 bridgehead atoms. The third-order valence-corrected chi connectivity index (χ3v) is 3.31. The molecule has 0 saturated carbocycles. The number of H-pyrrole nitrogens is 1. The summed E-state index contributed by atoms with van der Waals surface area (Å²) >= 11 is 0. The zero-order valence-corrected chi connectivity index (χ0v) is 12.0. The van der Waals surface area contributed by atoms with Crippen molar-refractivity contribution in [1.82, 2.24) is 15.3 Å². The summed E-state index contributed by atoms with van der Waals surface area (Å²) in [5.74, 6) is 2.11. The number of carbonyl (C=O) groups excluding carboxylic acids is 1. The second-order valence-corrected chi connectivity index (χ2v) is 5.11. The van der Waals surface area contributed by atoms with Gasteiger partial charge in [-0.25, -0.2) is 4.98 Å². The number of aryl methyl sites for hydroxylation is 1. The van der Waals surface area contributed by atoms with Crippen LogP contribution in [0.5, 0.6) is 11.5 Å². The highest BCUT2D eigenvalue weighted by Gasteiger charge is 2.16. The summed E-state index contributed by atoms with van der Waals surface area (Å²) in [6.45, 7) is 4.06. The monoisotopic (exact) mass is 287 g/mol. The number of ether oxygens (including phenoxy) is 2. The van der Waals surface area contributed by atoms with Crippen LogP contribution in [-0.2, 0) is 11.2 Å². The first kappa shape index (κ1) is 13.5. The zero-order valence-electron chi connectivity index (χ0n) is 12.0. The number of benzene rings is 1. The van der Waals surface area contributed by atoms with Gasteiger partial charge in [0.05, 0.1) is 12.5 Å². The summed E-state index contributed by atoms with van der Waals surface area (Å²) in [5.41, 5.74) is 1.86. The summed E-state index contributed by atoms with van der Waals surface area (Å²) in [5, 5.41) is 2.92. The molecule has 2 heterocycles. The van der Waals surface area contributed by atoms with Gasteiger partial charge in [-0.3, -0.25) is 4.79 Å². The van der Waals surface area contributed by atoms with E-state index in [-0.39, 0.29) is 18.7 Å². The van der Waals surface area contributed by atoms with Crippen LogP contribution in [0, 0.1) is 6.92 Å². The van der Waals surface area contributed by atoms with Crippen molar-refractivity contribution in [2.45, 2.75) is 26.3 Å². The molecule has 0 spiro atoms. The molecular weight excluding hydrogens is 270 g/mol. The summed E-state index contributed by atoms with van der Waals surface area (Å²) in [7, 11) is 0. The zero-order chi connectivity index (χ0) is 14.8. The quantitative estimate of drug-likeness (QED) is 0.900. The van der Waals surface area contributed by atoms with Crippen LogP contribution in [0.15, 0.2) is 24.4 Å². The van der Waals surface area contributed by atoms with Crippen LogP contribution in [0.2, 0.25) is 0 Å². The molecule has 0 saturated heterocycles. The van der Waals surface area contributed by atoms with Gasteiger partial charge in [-0.05, 0) is 31.5 Å². The Morgan fingerprint density at radius 3 is 3.00 bits per heavy atom. The molecule has 0 unspecified atom stereocenters. The van der Waals surface area contributed by atoms with E-state index in [1.165, 1.54) is 0 Å². The van der Waals surface area contributed by atoms with E-state index in [0.29, 0.717) is 12.2 Å². The number of hydrogen-bond donors (Lipinski definition) is 2. The smallest absolute Gasteiger partial charge is 0.231 e. The van der Waals surface area contributed by atoms with E-state index < -0.39 is 0 Å². The fourth-order valence-corrected chi connectivity index (χ4v) is 2.25. The molecule has 6 nitrogen and oxygen atoms in total. The van der Waals surface area contributed by atoms with Crippen molar-refractivity contribution in [3.63, 3.8) is 0 Å². The van der Waals surface area contributed by atoms with Gasteiger partial charge in [-0.15, -0.1) is 0 Å². The molecule has 2 N–H and O–H groups in total. The number of hydrogen-bond acceptors (Lipinski definition) is 4. The van der Waals surface area contributed by atoms with Crippen LogP contribution in [0.4, 0.5) is 0 Å². The van der Waals surface area contributed by atoms with E-state index >= 15 is 0 Å². The summed E-state index contributed by atoms with van der Waals surface area (Å²) in [4.78, 5) is 19.4. The fourth-order valence-electron chi connectivity index (χ4n) is 2.25. The minimum absolute atomic E-state index is 0.0598. The van der Waals surface area contributed by atoms with Gasteiger partial charge < -0.3 is 19.8 Å². The van der Waals surface area contributed by atoms with Crippen LogP contribution in [-0.4, -0.2) is 22.7 Å². The molecule has 1 aromatic carbocycles. The first-order chi connectivity index (χ1) is 10.1. The Morgan fingerprint density at radius 2 is 2.24 bits per heavy atom. The number of aromatic amines is 1. The van der Waals surface area contributed by atoms with Gasteiger partial charge in [0.15, 0.2) is 11.5 Å². The number of imidazole rings is 1. The lowest BCUT2D eigenvalue weighted by atomic mass is 10.1. The summed E-state index contributed by atoms with van der Waals surface area (Å²) in [6, 6.07) is 5.38. The molecule has 1 aliphatic rings. The maximum absolute atomic E-state index is 12.1. The Hall–Kier alpha value is -2.50. The van der Waals surface area contributed by atoms with Crippen molar-refractivity contribution >= 4 is 5.91 Å². The molecule has 0 aliphatic carbocycles. The number of fused-ring (bicyclic) bond motifs is 1. The standard InChI is InChI=1S/C15H17N3O3/c1-9-7-16-15(17-9)10(2)18-14(19)6-11-3-4-12-13(5-11)21-8-20-12/h3-5,7,10H,6,8H2,1-2H3,(H,16,17)(H,18,19)/t10-/m1/s1. The molecule has 1 atom stereocenters. The predicted octanol–water partition coefficient (Wildman–Crippen LogP) is 1.87. The fraction of sp³-hybridized carbons (Fsp3) is 0.333. The minimum Gasteiger partial charge on any atom is -0.454 e. The van der Waals surface area contributed by atoms with Crippen molar-refractivity contribution in [2.75, 3.05) is 6.79 Å². The number of amides is 1. The normalized spacial score (nSPS) is 14.0. The van der Waals surface area contributed by atoms with Gasteiger partial charge in [-0.2, -0.15) is 0 Å². The van der Waals surface area contributed by atoms with E-state index in [9.17, 15) is 4.79 Å². The van der Waals surface area contributed by atoms with Crippen LogP contribution in [0.3, 0.4) is 0 Å². The number of aromatic nitrogens is 2. The van der Waals surface area contributed by atoms with Crippen LogP contribution >= 0.6 is 0 Å². The number of rotatable bonds is 4. The van der Waals surface area contributed by atoms with E-state index in [0.717, 1.165) is 22.8 Å². The molecule has 21 heavy (non-hydrogen) atoms. The number of carbonyl (C=O) groups is 1. The van der Waals surface area contributed by atoms with E-state index in [4.69, 9.17) is 9.47 Å². The van der Waals surface area contributed by atoms with Crippen LogP contribution in [0.1, 0.15) is 30.0 Å². The molecule has 6 heteroatoms. The number of nitrogens with one attached hydrogen (secondary N) is 2. The molecule has 2 aromatic rings. The minimum atomic E-state index is -0.153. The Balaban J connectivity index is 1.61. The lowest BCUT2D eigenvalue weighted by molar-refractivity contribution is -0.121. The maximum atomic E-state index is 12.1.